The van der Waals surface area contributed by atoms with Gasteiger partial charge in [0.2, 0.25) is 5.91 Å². The van der Waals surface area contributed by atoms with Gasteiger partial charge in [0.1, 0.15) is 5.82 Å². The Hall–Kier alpha value is -3.55. The normalized spacial score (nSPS) is 10.3. The first kappa shape index (κ1) is 16.3. The maximum absolute atomic E-state index is 13.7. The van der Waals surface area contributed by atoms with Gasteiger partial charge in [0.25, 0.3) is 5.91 Å². The quantitative estimate of drug-likeness (QED) is 0.765. The van der Waals surface area contributed by atoms with Crippen molar-refractivity contribution < 1.29 is 14.0 Å². The molecule has 25 heavy (non-hydrogen) atoms. The fraction of sp³-hybridized carbons (Fsp3) is 0.0588. The summed E-state index contributed by atoms with van der Waals surface area (Å²) in [6.45, 7) is 1.26. The molecule has 2 N–H and O–H groups in total. The van der Waals surface area contributed by atoms with Gasteiger partial charge in [0, 0.05) is 31.1 Å². The Labute approximate surface area is 142 Å². The third-order valence-electron chi connectivity index (χ3n) is 3.30. The van der Waals surface area contributed by atoms with Gasteiger partial charge >= 0.3 is 0 Å². The van der Waals surface area contributed by atoms with Crippen LogP contribution in [-0.4, -0.2) is 26.6 Å². The number of rotatable bonds is 4. The number of carbonyl (C=O) groups excluding carboxylic acids is 2. The summed E-state index contributed by atoms with van der Waals surface area (Å²) in [6.07, 6.45) is 4.88. The molecule has 2 heterocycles. The standard InChI is InChI=1S/C17H14FN5O2/c1-11(24)21-15-10-12(5-6-13(15)18)17(25)22-14-4-2-7-19-16(14)23-9-3-8-20-23/h2-10H,1H3,(H,21,24)(H,22,25). The van der Waals surface area contributed by atoms with Crippen molar-refractivity contribution in [2.45, 2.75) is 6.92 Å². The van der Waals surface area contributed by atoms with E-state index >= 15 is 0 Å². The van der Waals surface area contributed by atoms with Crippen LogP contribution in [0.25, 0.3) is 5.82 Å². The second kappa shape index (κ2) is 6.91. The number of benzene rings is 1. The molecule has 0 saturated heterocycles. The first-order chi connectivity index (χ1) is 12.0. The van der Waals surface area contributed by atoms with Crippen LogP contribution in [0.4, 0.5) is 15.8 Å². The van der Waals surface area contributed by atoms with Crippen molar-refractivity contribution in [1.29, 1.82) is 0 Å². The molecule has 0 atom stereocenters. The minimum atomic E-state index is -0.620. The number of nitrogens with one attached hydrogen (secondary N) is 2. The summed E-state index contributed by atoms with van der Waals surface area (Å²) in [7, 11) is 0. The van der Waals surface area contributed by atoms with E-state index in [0.29, 0.717) is 11.5 Å². The molecule has 3 rings (SSSR count). The summed E-state index contributed by atoms with van der Waals surface area (Å²) in [5.41, 5.74) is 0.584. The lowest BCUT2D eigenvalue weighted by Crippen LogP contribution is -2.16. The highest BCUT2D eigenvalue weighted by molar-refractivity contribution is 6.06. The molecule has 2 aromatic heterocycles. The van der Waals surface area contributed by atoms with Gasteiger partial charge in [-0.3, -0.25) is 9.59 Å². The SMILES string of the molecule is CC(=O)Nc1cc(C(=O)Nc2cccnc2-n2cccn2)ccc1F. The van der Waals surface area contributed by atoms with E-state index in [-0.39, 0.29) is 11.3 Å². The Morgan fingerprint density at radius 2 is 1.92 bits per heavy atom. The number of pyridine rings is 1. The van der Waals surface area contributed by atoms with E-state index in [4.69, 9.17) is 0 Å². The van der Waals surface area contributed by atoms with Gasteiger partial charge in [0.05, 0.1) is 11.4 Å². The van der Waals surface area contributed by atoms with Crippen LogP contribution < -0.4 is 10.6 Å². The number of hydrogen-bond acceptors (Lipinski definition) is 4. The Balaban J connectivity index is 1.88. The monoisotopic (exact) mass is 339 g/mol. The summed E-state index contributed by atoms with van der Waals surface area (Å²) in [4.78, 5) is 27.8. The first-order valence-corrected chi connectivity index (χ1v) is 7.38. The van der Waals surface area contributed by atoms with Crippen LogP contribution in [0.1, 0.15) is 17.3 Å². The van der Waals surface area contributed by atoms with Gasteiger partial charge in [-0.15, -0.1) is 0 Å². The molecule has 0 bridgehead atoms. The van der Waals surface area contributed by atoms with Crippen LogP contribution in [-0.2, 0) is 4.79 Å². The van der Waals surface area contributed by atoms with Crippen molar-refractivity contribution >= 4 is 23.2 Å². The van der Waals surface area contributed by atoms with Gasteiger partial charge in [-0.25, -0.2) is 14.1 Å². The summed E-state index contributed by atoms with van der Waals surface area (Å²) >= 11 is 0. The van der Waals surface area contributed by atoms with Crippen molar-refractivity contribution in [3.63, 3.8) is 0 Å². The molecule has 0 spiro atoms. The van der Waals surface area contributed by atoms with Crippen molar-refractivity contribution in [1.82, 2.24) is 14.8 Å². The first-order valence-electron chi connectivity index (χ1n) is 7.38. The smallest absolute Gasteiger partial charge is 0.255 e. The molecule has 0 aliphatic heterocycles. The van der Waals surface area contributed by atoms with E-state index in [1.807, 2.05) is 0 Å². The number of halogens is 1. The minimum absolute atomic E-state index is 0.0568. The molecular weight excluding hydrogens is 325 g/mol. The number of hydrogen-bond donors (Lipinski definition) is 2. The lowest BCUT2D eigenvalue weighted by Gasteiger charge is -2.11. The largest absolute Gasteiger partial charge is 0.324 e. The van der Waals surface area contributed by atoms with E-state index < -0.39 is 17.6 Å². The average Bonchev–Trinajstić information content (AvgIpc) is 3.11. The molecular formula is C17H14FN5O2. The van der Waals surface area contributed by atoms with E-state index in [2.05, 4.69) is 20.7 Å². The van der Waals surface area contributed by atoms with E-state index in [9.17, 15) is 14.0 Å². The topological polar surface area (TPSA) is 88.9 Å². The van der Waals surface area contributed by atoms with E-state index in [1.54, 1.807) is 36.8 Å². The lowest BCUT2D eigenvalue weighted by molar-refractivity contribution is -0.114. The molecule has 0 aliphatic rings. The minimum Gasteiger partial charge on any atom is -0.324 e. The molecule has 3 aromatic rings. The number of amides is 2. The second-order valence-electron chi connectivity index (χ2n) is 5.16. The van der Waals surface area contributed by atoms with Crippen molar-refractivity contribution in [2.75, 3.05) is 10.6 Å². The zero-order chi connectivity index (χ0) is 17.8. The van der Waals surface area contributed by atoms with Crippen LogP contribution in [0.5, 0.6) is 0 Å². The number of carbonyl (C=O) groups is 2. The van der Waals surface area contributed by atoms with Crippen LogP contribution in [0.3, 0.4) is 0 Å². The van der Waals surface area contributed by atoms with Gasteiger partial charge in [-0.05, 0) is 36.4 Å². The molecule has 0 fully saturated rings. The third kappa shape index (κ3) is 3.69. The molecule has 8 heteroatoms. The zero-order valence-electron chi connectivity index (χ0n) is 13.2. The van der Waals surface area contributed by atoms with Crippen LogP contribution >= 0.6 is 0 Å². The maximum atomic E-state index is 13.7. The number of anilines is 2. The Kier molecular flexibility index (Phi) is 4.51. The van der Waals surface area contributed by atoms with E-state index in [1.165, 1.54) is 23.7 Å². The second-order valence-corrected chi connectivity index (χ2v) is 5.16. The Morgan fingerprint density at radius 1 is 1.08 bits per heavy atom. The number of nitrogens with zero attached hydrogens (tertiary/aromatic N) is 3. The third-order valence-corrected chi connectivity index (χ3v) is 3.30. The van der Waals surface area contributed by atoms with Gasteiger partial charge in [0.15, 0.2) is 5.82 Å². The molecule has 0 radical (unpaired) electrons. The van der Waals surface area contributed by atoms with Crippen LogP contribution in [0, 0.1) is 5.82 Å². The Morgan fingerprint density at radius 3 is 2.64 bits per heavy atom. The molecule has 2 amide bonds. The maximum Gasteiger partial charge on any atom is 0.255 e. The summed E-state index contributed by atoms with van der Waals surface area (Å²) < 4.78 is 15.2. The lowest BCUT2D eigenvalue weighted by atomic mass is 10.1. The Bertz CT molecular complexity index is 925. The fourth-order valence-corrected chi connectivity index (χ4v) is 2.22. The predicted molar refractivity (Wildman–Crippen MR) is 90.0 cm³/mol. The van der Waals surface area contributed by atoms with Gasteiger partial charge in [-0.2, -0.15) is 5.10 Å². The predicted octanol–water partition coefficient (Wildman–Crippen LogP) is 2.62. The van der Waals surface area contributed by atoms with Crippen molar-refractivity contribution in [2.24, 2.45) is 0 Å². The van der Waals surface area contributed by atoms with Crippen LogP contribution in [0.2, 0.25) is 0 Å². The van der Waals surface area contributed by atoms with Crippen molar-refractivity contribution in [3.05, 3.63) is 66.4 Å². The van der Waals surface area contributed by atoms with Gasteiger partial charge in [-0.1, -0.05) is 0 Å². The summed E-state index contributed by atoms with van der Waals surface area (Å²) in [5.74, 6) is -1.06. The molecule has 0 aliphatic carbocycles. The number of aromatic nitrogens is 3. The highest BCUT2D eigenvalue weighted by atomic mass is 19.1. The highest BCUT2D eigenvalue weighted by Gasteiger charge is 2.14. The highest BCUT2D eigenvalue weighted by Crippen LogP contribution is 2.20. The average molecular weight is 339 g/mol. The summed E-state index contributed by atoms with van der Waals surface area (Å²) in [6, 6.07) is 8.82. The van der Waals surface area contributed by atoms with E-state index in [0.717, 1.165) is 6.07 Å². The summed E-state index contributed by atoms with van der Waals surface area (Å²) in [5, 5.41) is 9.15. The fourth-order valence-electron chi connectivity index (χ4n) is 2.22. The molecule has 0 saturated carbocycles. The van der Waals surface area contributed by atoms with Gasteiger partial charge < -0.3 is 10.6 Å². The molecule has 7 nitrogen and oxygen atoms in total. The molecule has 126 valence electrons. The molecule has 0 unspecified atom stereocenters. The van der Waals surface area contributed by atoms with Crippen LogP contribution in [0.15, 0.2) is 55.0 Å². The zero-order valence-corrected chi connectivity index (χ0v) is 13.2. The molecule has 1 aromatic carbocycles. The van der Waals surface area contributed by atoms with Crippen molar-refractivity contribution in [3.8, 4) is 5.82 Å².